The smallest absolute Gasteiger partial charge is 0.351 e. The van der Waals surface area contributed by atoms with E-state index in [2.05, 4.69) is 37.8 Å². The molecule has 1 N–H and O–H groups in total. The number of hydrogen-bond acceptors (Lipinski definition) is 6. The first-order valence-corrected chi connectivity index (χ1v) is 12.8. The second-order valence-electron chi connectivity index (χ2n) is 8.41. The third-order valence-electron chi connectivity index (χ3n) is 6.34. The molecule has 1 atom stereocenters. The van der Waals surface area contributed by atoms with E-state index in [1.807, 2.05) is 0 Å². The minimum Gasteiger partial charge on any atom is -0.493 e. The average molecular weight is 464 g/mol. The number of aliphatic imine (C=N–C) groups is 1. The van der Waals surface area contributed by atoms with E-state index < -0.39 is 10.2 Å². The van der Waals surface area contributed by atoms with Crippen LogP contribution in [0.3, 0.4) is 0 Å². The average Bonchev–Trinajstić information content (AvgIpc) is 2.81. The van der Waals surface area contributed by atoms with Crippen molar-refractivity contribution in [2.75, 3.05) is 40.4 Å². The number of rotatable bonds is 6. The van der Waals surface area contributed by atoms with Gasteiger partial charge in [0.1, 0.15) is 5.75 Å². The predicted molar refractivity (Wildman–Crippen MR) is 124 cm³/mol. The second-order valence-corrected chi connectivity index (χ2v) is 10.0. The number of fused-ring (bicyclic) bond motifs is 1. The normalized spacial score (nSPS) is 24.4. The van der Waals surface area contributed by atoms with Gasteiger partial charge in [-0.05, 0) is 62.4 Å². The third kappa shape index (κ3) is 5.01. The highest BCUT2D eigenvalue weighted by Crippen LogP contribution is 2.39. The summed E-state index contributed by atoms with van der Waals surface area (Å²) in [5.74, 6) is 1.17. The number of benzene rings is 1. The Bertz CT molecular complexity index is 973. The molecule has 2 aliphatic heterocycles. The molecule has 1 aromatic rings. The highest BCUT2D eigenvalue weighted by molar-refractivity contribution is 7.88. The van der Waals surface area contributed by atoms with Crippen LogP contribution in [0.4, 0.5) is 0 Å². The Kier molecular flexibility index (Phi) is 7.20. The Morgan fingerprint density at radius 3 is 2.81 bits per heavy atom. The zero-order chi connectivity index (χ0) is 22.6. The number of ether oxygens (including phenoxy) is 2. The number of nitrogens with zero attached hydrogens (tertiary/aromatic N) is 4. The van der Waals surface area contributed by atoms with E-state index in [0.717, 1.165) is 16.5 Å². The van der Waals surface area contributed by atoms with Crippen molar-refractivity contribution in [3.05, 3.63) is 29.3 Å². The van der Waals surface area contributed by atoms with Crippen LogP contribution in [0.1, 0.15) is 55.7 Å². The summed E-state index contributed by atoms with van der Waals surface area (Å²) in [6.45, 7) is 3.33. The Morgan fingerprint density at radius 1 is 1.22 bits per heavy atom. The minimum atomic E-state index is -3.81. The van der Waals surface area contributed by atoms with Gasteiger partial charge in [-0.1, -0.05) is 23.0 Å². The summed E-state index contributed by atoms with van der Waals surface area (Å²) < 4.78 is 39.6. The van der Waals surface area contributed by atoms with E-state index in [1.54, 1.807) is 0 Å². The van der Waals surface area contributed by atoms with Crippen LogP contribution in [-0.4, -0.2) is 70.0 Å². The van der Waals surface area contributed by atoms with Crippen LogP contribution in [-0.2, 0) is 21.4 Å². The predicted octanol–water partition coefficient (Wildman–Crippen LogP) is 2.46. The molecule has 1 fully saturated rings. The summed E-state index contributed by atoms with van der Waals surface area (Å²) in [6, 6.07) is 6.87. The lowest BCUT2D eigenvalue weighted by molar-refractivity contribution is 0.147. The Morgan fingerprint density at radius 2 is 2.03 bits per heavy atom. The lowest BCUT2D eigenvalue weighted by Gasteiger charge is -2.38. The molecule has 9 nitrogen and oxygen atoms in total. The van der Waals surface area contributed by atoms with Crippen LogP contribution in [0.5, 0.6) is 5.75 Å². The van der Waals surface area contributed by atoms with Gasteiger partial charge in [0, 0.05) is 26.1 Å². The summed E-state index contributed by atoms with van der Waals surface area (Å²) in [5, 5.41) is 2.77. The lowest BCUT2D eigenvalue weighted by atomic mass is 9.85. The van der Waals surface area contributed by atoms with Crippen molar-refractivity contribution in [2.45, 2.75) is 51.0 Å². The first kappa shape index (κ1) is 22.8. The molecule has 0 spiro atoms. The van der Waals surface area contributed by atoms with Crippen molar-refractivity contribution in [1.29, 1.82) is 0 Å². The van der Waals surface area contributed by atoms with E-state index in [0.29, 0.717) is 25.6 Å². The van der Waals surface area contributed by atoms with Crippen molar-refractivity contribution < 1.29 is 17.9 Å². The molecular weight excluding hydrogens is 430 g/mol. The van der Waals surface area contributed by atoms with E-state index in [-0.39, 0.29) is 12.0 Å². The van der Waals surface area contributed by atoms with Gasteiger partial charge in [-0.2, -0.15) is 8.42 Å². The van der Waals surface area contributed by atoms with Gasteiger partial charge in [-0.25, -0.2) is 4.31 Å². The summed E-state index contributed by atoms with van der Waals surface area (Å²) in [4.78, 5) is 7.01. The maximum absolute atomic E-state index is 12.0. The number of likely N-dealkylation sites (tertiary alicyclic amines) is 1. The molecule has 2 heterocycles. The monoisotopic (exact) mass is 463 g/mol. The molecule has 10 heteroatoms. The first-order valence-electron chi connectivity index (χ1n) is 11.4. The molecular formula is C22H33N5O4S. The van der Waals surface area contributed by atoms with Crippen LogP contribution >= 0.6 is 0 Å². The van der Waals surface area contributed by atoms with Crippen LogP contribution in [0, 0.1) is 0 Å². The van der Waals surface area contributed by atoms with E-state index in [9.17, 15) is 8.42 Å². The molecule has 0 bridgehead atoms. The highest BCUT2D eigenvalue weighted by atomic mass is 32.2. The van der Waals surface area contributed by atoms with E-state index in [1.165, 1.54) is 70.5 Å². The third-order valence-corrected chi connectivity index (χ3v) is 7.60. The zero-order valence-corrected chi connectivity index (χ0v) is 19.7. The fraction of sp³-hybridized carbons (Fsp3) is 0.636. The van der Waals surface area contributed by atoms with Crippen molar-refractivity contribution in [2.24, 2.45) is 9.39 Å². The molecule has 4 rings (SSSR count). The molecule has 1 saturated heterocycles. The molecule has 1 unspecified atom stereocenters. The zero-order valence-electron chi connectivity index (χ0n) is 18.9. The van der Waals surface area contributed by atoms with E-state index >= 15 is 0 Å². The Balaban J connectivity index is 1.35. The van der Waals surface area contributed by atoms with Crippen LogP contribution < -0.4 is 10.1 Å². The van der Waals surface area contributed by atoms with Crippen molar-refractivity contribution in [3.63, 3.8) is 0 Å². The second kappa shape index (κ2) is 10.1. The quantitative estimate of drug-likeness (QED) is 0.651. The van der Waals surface area contributed by atoms with Gasteiger partial charge in [0.25, 0.3) is 0 Å². The fourth-order valence-corrected chi connectivity index (χ4v) is 5.44. The van der Waals surface area contributed by atoms with Crippen molar-refractivity contribution >= 4 is 22.2 Å². The van der Waals surface area contributed by atoms with Gasteiger partial charge < -0.3 is 9.47 Å². The number of piperidine rings is 1. The van der Waals surface area contributed by atoms with Gasteiger partial charge in [0.2, 0.25) is 5.96 Å². The van der Waals surface area contributed by atoms with Gasteiger partial charge in [0.05, 0.1) is 13.7 Å². The minimum absolute atomic E-state index is 0.0859. The summed E-state index contributed by atoms with van der Waals surface area (Å²) in [5.41, 5.74) is 2.78. The summed E-state index contributed by atoms with van der Waals surface area (Å²) in [6.07, 6.45) is 8.09. The molecule has 0 amide bonds. The van der Waals surface area contributed by atoms with Crippen LogP contribution in [0.15, 0.2) is 27.6 Å². The molecule has 1 aliphatic carbocycles. The SMILES string of the molecule is COC1=NS(=O)(=O)N(C)C(=NCCCOc2cccc3c2CCCC3N2CCCCC2)N1. The molecule has 32 heavy (non-hydrogen) atoms. The largest absolute Gasteiger partial charge is 0.493 e. The van der Waals surface area contributed by atoms with Crippen LogP contribution in [0.2, 0.25) is 0 Å². The van der Waals surface area contributed by atoms with Crippen LogP contribution in [0.25, 0.3) is 0 Å². The molecule has 0 radical (unpaired) electrons. The molecule has 1 aromatic carbocycles. The topological polar surface area (TPSA) is 95.8 Å². The number of guanidine groups is 1. The number of nitrogens with one attached hydrogen (secondary N) is 1. The number of amidine groups is 1. The maximum Gasteiger partial charge on any atom is 0.351 e. The molecule has 0 aromatic heterocycles. The molecule has 176 valence electrons. The standard InChI is InChI=1S/C22H33N5O4S/c1-26-21(24-22(30-2)25-32(26,28)29)23-13-8-16-31-20-12-7-9-17-18(20)10-6-11-19(17)27-14-4-3-5-15-27/h7,9,12,19H,3-6,8,10-11,13-16H2,1-2H3,(H,23,24,25). The molecule has 0 saturated carbocycles. The fourth-order valence-electron chi connectivity index (χ4n) is 4.67. The van der Waals surface area contributed by atoms with Gasteiger partial charge in [-0.15, -0.1) is 0 Å². The Hall–Kier alpha value is -2.33. The van der Waals surface area contributed by atoms with Gasteiger partial charge >= 0.3 is 16.2 Å². The maximum atomic E-state index is 12.0. The number of methoxy groups -OCH3 is 1. The Labute approximate surface area is 190 Å². The van der Waals surface area contributed by atoms with Crippen molar-refractivity contribution in [3.8, 4) is 5.75 Å². The van der Waals surface area contributed by atoms with Gasteiger partial charge in [-0.3, -0.25) is 15.2 Å². The molecule has 3 aliphatic rings. The summed E-state index contributed by atoms with van der Waals surface area (Å²) >= 11 is 0. The highest BCUT2D eigenvalue weighted by Gasteiger charge is 2.29. The lowest BCUT2D eigenvalue weighted by Crippen LogP contribution is -2.49. The van der Waals surface area contributed by atoms with Crippen molar-refractivity contribution in [1.82, 2.24) is 14.5 Å². The first-order chi connectivity index (χ1) is 15.5. The van der Waals surface area contributed by atoms with E-state index in [4.69, 9.17) is 9.47 Å². The van der Waals surface area contributed by atoms with Gasteiger partial charge in [0.15, 0.2) is 0 Å². The summed E-state index contributed by atoms with van der Waals surface area (Å²) in [7, 11) is -1.05. The number of hydrogen-bond donors (Lipinski definition) is 1.